The van der Waals surface area contributed by atoms with E-state index >= 15 is 0 Å². The molecular weight excluding hydrogens is 216 g/mol. The highest BCUT2D eigenvalue weighted by molar-refractivity contribution is 5.96. The van der Waals surface area contributed by atoms with Crippen LogP contribution in [0, 0.1) is 11.8 Å². The molecule has 0 bridgehead atoms. The monoisotopic (exact) mass is 232 g/mol. The smallest absolute Gasteiger partial charge is 0.255 e. The van der Waals surface area contributed by atoms with Crippen molar-refractivity contribution in [2.45, 2.75) is 19.9 Å². The minimum Gasteiger partial charge on any atom is -0.384 e. The summed E-state index contributed by atoms with van der Waals surface area (Å²) in [5, 5.41) is 8.67. The second kappa shape index (κ2) is 6.02. The maximum atomic E-state index is 12.1. The van der Waals surface area contributed by atoms with Crippen LogP contribution in [-0.4, -0.2) is 40.6 Å². The SMILES string of the molecule is CC(C)N(C)C(=O)c1ccncc1C#CCO. The molecule has 0 fully saturated rings. The van der Waals surface area contributed by atoms with E-state index in [0.717, 1.165) is 0 Å². The predicted molar refractivity (Wildman–Crippen MR) is 65.4 cm³/mol. The maximum Gasteiger partial charge on any atom is 0.255 e. The number of pyridine rings is 1. The largest absolute Gasteiger partial charge is 0.384 e. The number of carbonyl (C=O) groups excluding carboxylic acids is 1. The van der Waals surface area contributed by atoms with Gasteiger partial charge in [-0.15, -0.1) is 0 Å². The molecule has 0 aliphatic carbocycles. The molecule has 0 saturated carbocycles. The minimum absolute atomic E-state index is 0.0929. The molecule has 0 aliphatic heterocycles. The Morgan fingerprint density at radius 2 is 2.29 bits per heavy atom. The zero-order chi connectivity index (χ0) is 12.8. The first kappa shape index (κ1) is 13.2. The molecule has 0 unspecified atom stereocenters. The standard InChI is InChI=1S/C13H16N2O2/c1-10(2)15(3)13(17)12-6-7-14-9-11(12)5-4-8-16/h6-7,9-10,16H,8H2,1-3H3. The van der Waals surface area contributed by atoms with Crippen LogP contribution in [0.25, 0.3) is 0 Å². The molecular formula is C13H16N2O2. The lowest BCUT2D eigenvalue weighted by Gasteiger charge is -2.21. The molecule has 1 amide bonds. The number of amides is 1. The van der Waals surface area contributed by atoms with Crippen molar-refractivity contribution in [2.24, 2.45) is 0 Å². The van der Waals surface area contributed by atoms with E-state index in [0.29, 0.717) is 11.1 Å². The lowest BCUT2D eigenvalue weighted by atomic mass is 10.1. The summed E-state index contributed by atoms with van der Waals surface area (Å²) in [6, 6.07) is 1.76. The van der Waals surface area contributed by atoms with Gasteiger partial charge in [-0.25, -0.2) is 0 Å². The summed E-state index contributed by atoms with van der Waals surface area (Å²) in [5.74, 6) is 5.16. The molecule has 0 spiro atoms. The second-order valence-electron chi connectivity index (χ2n) is 3.89. The maximum absolute atomic E-state index is 12.1. The molecule has 1 rings (SSSR count). The molecule has 0 saturated heterocycles. The molecule has 1 heterocycles. The number of nitrogens with zero attached hydrogens (tertiary/aromatic N) is 2. The number of rotatable bonds is 2. The van der Waals surface area contributed by atoms with Gasteiger partial charge in [0.05, 0.1) is 11.1 Å². The number of hydrogen-bond acceptors (Lipinski definition) is 3. The quantitative estimate of drug-likeness (QED) is 0.771. The minimum atomic E-state index is -0.234. The van der Waals surface area contributed by atoms with Crippen LogP contribution in [0.5, 0.6) is 0 Å². The number of aromatic nitrogens is 1. The number of carbonyl (C=O) groups is 1. The van der Waals surface area contributed by atoms with E-state index in [4.69, 9.17) is 5.11 Å². The van der Waals surface area contributed by atoms with Crippen molar-refractivity contribution in [1.82, 2.24) is 9.88 Å². The summed E-state index contributed by atoms with van der Waals surface area (Å²) in [6.07, 6.45) is 3.09. The molecule has 4 heteroatoms. The van der Waals surface area contributed by atoms with E-state index in [1.165, 1.54) is 6.20 Å². The van der Waals surface area contributed by atoms with Gasteiger partial charge in [-0.1, -0.05) is 11.8 Å². The van der Waals surface area contributed by atoms with Gasteiger partial charge in [0.2, 0.25) is 0 Å². The Kier molecular flexibility index (Phi) is 4.68. The number of hydrogen-bond donors (Lipinski definition) is 1. The van der Waals surface area contributed by atoms with E-state index in [9.17, 15) is 4.79 Å². The molecule has 90 valence electrons. The van der Waals surface area contributed by atoms with Gasteiger partial charge in [0.1, 0.15) is 6.61 Å². The third kappa shape index (κ3) is 3.30. The highest BCUT2D eigenvalue weighted by Gasteiger charge is 2.16. The average Bonchev–Trinajstić information content (AvgIpc) is 2.34. The van der Waals surface area contributed by atoms with Gasteiger partial charge in [-0.2, -0.15) is 0 Å². The van der Waals surface area contributed by atoms with Crippen molar-refractivity contribution in [3.8, 4) is 11.8 Å². The first-order chi connectivity index (χ1) is 8.07. The molecule has 4 nitrogen and oxygen atoms in total. The average molecular weight is 232 g/mol. The fraction of sp³-hybridized carbons (Fsp3) is 0.385. The van der Waals surface area contributed by atoms with Crippen molar-refractivity contribution >= 4 is 5.91 Å². The van der Waals surface area contributed by atoms with Crippen molar-refractivity contribution in [3.05, 3.63) is 29.6 Å². The molecule has 0 aliphatic rings. The zero-order valence-electron chi connectivity index (χ0n) is 10.3. The van der Waals surface area contributed by atoms with Crippen molar-refractivity contribution < 1.29 is 9.90 Å². The lowest BCUT2D eigenvalue weighted by molar-refractivity contribution is 0.0754. The Hall–Kier alpha value is -1.86. The Labute approximate surface area is 101 Å². The van der Waals surface area contributed by atoms with Gasteiger partial charge in [0.15, 0.2) is 0 Å². The summed E-state index contributed by atoms with van der Waals surface area (Å²) in [6.45, 7) is 3.65. The molecule has 1 N–H and O–H groups in total. The van der Waals surface area contributed by atoms with E-state index in [-0.39, 0.29) is 18.6 Å². The van der Waals surface area contributed by atoms with Crippen LogP contribution >= 0.6 is 0 Å². The molecule has 1 aromatic heterocycles. The summed E-state index contributed by atoms with van der Waals surface area (Å²) < 4.78 is 0. The molecule has 1 aromatic rings. The first-order valence-corrected chi connectivity index (χ1v) is 5.38. The fourth-order valence-corrected chi connectivity index (χ4v) is 1.24. The topological polar surface area (TPSA) is 53.4 Å². The third-order valence-electron chi connectivity index (χ3n) is 2.45. The molecule has 17 heavy (non-hydrogen) atoms. The summed E-state index contributed by atoms with van der Waals surface area (Å²) in [5.41, 5.74) is 1.05. The Morgan fingerprint density at radius 1 is 1.59 bits per heavy atom. The van der Waals surface area contributed by atoms with Gasteiger partial charge in [-0.05, 0) is 19.9 Å². The Bertz CT molecular complexity index is 458. The highest BCUT2D eigenvalue weighted by Crippen LogP contribution is 2.10. The van der Waals surface area contributed by atoms with E-state index < -0.39 is 0 Å². The summed E-state index contributed by atoms with van der Waals surface area (Å²) in [4.78, 5) is 17.7. The van der Waals surface area contributed by atoms with Gasteiger partial charge >= 0.3 is 0 Å². The highest BCUT2D eigenvalue weighted by atomic mass is 16.2. The Balaban J connectivity index is 3.09. The lowest BCUT2D eigenvalue weighted by Crippen LogP contribution is -2.33. The van der Waals surface area contributed by atoms with Crippen LogP contribution in [0.15, 0.2) is 18.5 Å². The molecule has 0 radical (unpaired) electrons. The van der Waals surface area contributed by atoms with Gasteiger partial charge < -0.3 is 10.0 Å². The van der Waals surface area contributed by atoms with Gasteiger partial charge in [-0.3, -0.25) is 9.78 Å². The second-order valence-corrected chi connectivity index (χ2v) is 3.89. The van der Waals surface area contributed by atoms with Crippen LogP contribution in [0.2, 0.25) is 0 Å². The van der Waals surface area contributed by atoms with Gasteiger partial charge in [0, 0.05) is 25.5 Å². The fourth-order valence-electron chi connectivity index (χ4n) is 1.24. The predicted octanol–water partition coefficient (Wildman–Crippen LogP) is 0.906. The number of aliphatic hydroxyl groups excluding tert-OH is 1. The van der Waals surface area contributed by atoms with Crippen molar-refractivity contribution in [2.75, 3.05) is 13.7 Å². The van der Waals surface area contributed by atoms with Crippen LogP contribution in [0.4, 0.5) is 0 Å². The van der Waals surface area contributed by atoms with Crippen molar-refractivity contribution in [1.29, 1.82) is 0 Å². The van der Waals surface area contributed by atoms with Crippen molar-refractivity contribution in [3.63, 3.8) is 0 Å². The van der Waals surface area contributed by atoms with Crippen LogP contribution in [0.1, 0.15) is 29.8 Å². The Morgan fingerprint density at radius 3 is 2.88 bits per heavy atom. The van der Waals surface area contributed by atoms with E-state index in [1.54, 1.807) is 24.2 Å². The van der Waals surface area contributed by atoms with Gasteiger partial charge in [0.25, 0.3) is 5.91 Å². The first-order valence-electron chi connectivity index (χ1n) is 5.38. The van der Waals surface area contributed by atoms with Crippen LogP contribution in [-0.2, 0) is 0 Å². The zero-order valence-corrected chi connectivity index (χ0v) is 10.3. The van der Waals surface area contributed by atoms with E-state index in [1.807, 2.05) is 13.8 Å². The van der Waals surface area contributed by atoms with Crippen LogP contribution in [0.3, 0.4) is 0 Å². The van der Waals surface area contributed by atoms with E-state index in [2.05, 4.69) is 16.8 Å². The summed E-state index contributed by atoms with van der Waals surface area (Å²) in [7, 11) is 1.75. The molecule has 0 aromatic carbocycles. The molecule has 0 atom stereocenters. The van der Waals surface area contributed by atoms with Crippen LogP contribution < -0.4 is 0 Å². The number of aliphatic hydroxyl groups is 1. The normalized spacial score (nSPS) is 9.71. The summed E-state index contributed by atoms with van der Waals surface area (Å²) >= 11 is 0. The third-order valence-corrected chi connectivity index (χ3v) is 2.45.